The van der Waals surface area contributed by atoms with E-state index in [0.29, 0.717) is 22.7 Å². The van der Waals surface area contributed by atoms with Gasteiger partial charge >= 0.3 is 0 Å². The lowest BCUT2D eigenvalue weighted by Gasteiger charge is -2.45. The van der Waals surface area contributed by atoms with Crippen LogP contribution < -0.4 is 0 Å². The van der Waals surface area contributed by atoms with Crippen molar-refractivity contribution in [1.82, 2.24) is 0 Å². The Bertz CT molecular complexity index is 457. The minimum absolute atomic E-state index is 0.317. The van der Waals surface area contributed by atoms with Crippen molar-refractivity contribution in [3.63, 3.8) is 0 Å². The molecule has 1 aromatic carbocycles. The van der Waals surface area contributed by atoms with E-state index in [1.807, 2.05) is 0 Å². The van der Waals surface area contributed by atoms with Gasteiger partial charge in [0.2, 0.25) is 8.32 Å². The first-order chi connectivity index (χ1) is 10.4. The van der Waals surface area contributed by atoms with Crippen molar-refractivity contribution < 1.29 is 4.43 Å². The van der Waals surface area contributed by atoms with E-state index < -0.39 is 8.32 Å². The molecular weight excluding hydrogens is 284 g/mol. The molecule has 2 heteroatoms. The van der Waals surface area contributed by atoms with E-state index in [0.717, 1.165) is 0 Å². The van der Waals surface area contributed by atoms with Gasteiger partial charge in [-0.1, -0.05) is 72.2 Å². The molecule has 0 aromatic heterocycles. The van der Waals surface area contributed by atoms with Gasteiger partial charge in [0.1, 0.15) is 0 Å². The fourth-order valence-electron chi connectivity index (χ4n) is 4.65. The van der Waals surface area contributed by atoms with Crippen molar-refractivity contribution in [2.45, 2.75) is 90.0 Å². The maximum atomic E-state index is 7.11. The van der Waals surface area contributed by atoms with E-state index in [1.54, 1.807) is 0 Å². The fourth-order valence-corrected chi connectivity index (χ4v) is 10.2. The van der Waals surface area contributed by atoms with Crippen LogP contribution in [0.25, 0.3) is 0 Å². The van der Waals surface area contributed by atoms with Crippen molar-refractivity contribution in [1.29, 1.82) is 0 Å². The Labute approximate surface area is 138 Å². The zero-order valence-corrected chi connectivity index (χ0v) is 16.4. The van der Waals surface area contributed by atoms with Crippen molar-refractivity contribution in [3.05, 3.63) is 35.4 Å². The molecule has 0 saturated carbocycles. The Morgan fingerprint density at radius 3 is 2.09 bits per heavy atom. The summed E-state index contributed by atoms with van der Waals surface area (Å²) in [5.74, 6) is 0. The lowest BCUT2D eigenvalue weighted by Crippen LogP contribution is -2.48. The number of benzene rings is 1. The molecule has 1 aromatic rings. The van der Waals surface area contributed by atoms with Gasteiger partial charge in [-0.05, 0) is 47.0 Å². The highest BCUT2D eigenvalue weighted by molar-refractivity contribution is 6.77. The Balaban J connectivity index is 2.38. The minimum Gasteiger partial charge on any atom is -0.409 e. The summed E-state index contributed by atoms with van der Waals surface area (Å²) in [5, 5.41) is 0. The highest BCUT2D eigenvalue weighted by Crippen LogP contribution is 2.46. The summed E-state index contributed by atoms with van der Waals surface area (Å²) in [6.07, 6.45) is 5.32. The smallest absolute Gasteiger partial charge is 0.201 e. The van der Waals surface area contributed by atoms with Crippen molar-refractivity contribution >= 4 is 8.32 Å². The molecule has 1 aliphatic rings. The summed E-state index contributed by atoms with van der Waals surface area (Å²) in [4.78, 5) is 0. The van der Waals surface area contributed by atoms with E-state index >= 15 is 0 Å². The Kier molecular flexibility index (Phi) is 5.90. The van der Waals surface area contributed by atoms with Gasteiger partial charge in [-0.25, -0.2) is 0 Å². The number of aryl methyl sites for hydroxylation is 1. The first kappa shape index (κ1) is 17.7. The Morgan fingerprint density at radius 2 is 1.50 bits per heavy atom. The summed E-state index contributed by atoms with van der Waals surface area (Å²) in [6, 6.07) is 8.98. The number of fused-ring (bicyclic) bond motifs is 1. The van der Waals surface area contributed by atoms with Crippen LogP contribution in [0.5, 0.6) is 0 Å². The molecule has 0 fully saturated rings. The second-order valence-corrected chi connectivity index (χ2v) is 13.3. The molecular formula is C20H34OSi. The molecule has 0 saturated heterocycles. The highest BCUT2D eigenvalue weighted by atomic mass is 28.4. The van der Waals surface area contributed by atoms with E-state index in [-0.39, 0.29) is 0 Å². The Hall–Kier alpha value is -0.603. The van der Waals surface area contributed by atoms with Crippen LogP contribution in [0.4, 0.5) is 0 Å². The molecule has 1 atom stereocenters. The van der Waals surface area contributed by atoms with Crippen LogP contribution in [0.1, 0.15) is 78.0 Å². The third-order valence-corrected chi connectivity index (χ3v) is 11.7. The lowest BCUT2D eigenvalue weighted by molar-refractivity contribution is 0.165. The maximum Gasteiger partial charge on any atom is 0.201 e. The van der Waals surface area contributed by atoms with Crippen LogP contribution in [-0.2, 0) is 10.8 Å². The van der Waals surface area contributed by atoms with Gasteiger partial charge in [0.15, 0.2) is 0 Å². The highest BCUT2D eigenvalue weighted by Gasteiger charge is 2.47. The van der Waals surface area contributed by atoms with E-state index in [9.17, 15) is 0 Å². The molecule has 22 heavy (non-hydrogen) atoms. The van der Waals surface area contributed by atoms with Crippen molar-refractivity contribution in [2.75, 3.05) is 0 Å². The third-order valence-electron chi connectivity index (χ3n) is 5.62. The van der Waals surface area contributed by atoms with Gasteiger partial charge < -0.3 is 4.43 Å². The number of hydrogen-bond acceptors (Lipinski definition) is 1. The van der Waals surface area contributed by atoms with Crippen molar-refractivity contribution in [3.8, 4) is 0 Å². The summed E-state index contributed by atoms with van der Waals surface area (Å²) < 4.78 is 7.11. The molecule has 0 bridgehead atoms. The predicted octanol–water partition coefficient (Wildman–Crippen LogP) is 6.65. The minimum atomic E-state index is -1.81. The number of hydrogen-bond donors (Lipinski definition) is 0. The normalized spacial score (nSPS) is 19.6. The largest absolute Gasteiger partial charge is 0.409 e. The van der Waals surface area contributed by atoms with E-state index in [4.69, 9.17) is 4.43 Å². The van der Waals surface area contributed by atoms with Crippen LogP contribution >= 0.6 is 0 Å². The summed E-state index contributed by atoms with van der Waals surface area (Å²) in [7, 11) is -1.81. The van der Waals surface area contributed by atoms with Gasteiger partial charge in [-0.3, -0.25) is 0 Å². The van der Waals surface area contributed by atoms with Gasteiger partial charge in [-0.2, -0.15) is 0 Å². The molecule has 1 aliphatic carbocycles. The summed E-state index contributed by atoms with van der Waals surface area (Å²) in [6.45, 7) is 14.3. The SMILES string of the molecule is CC(C)[Si](O[C@@H]1CCCCc2ccccc21)(C(C)C)C(C)C. The molecule has 0 radical (unpaired) electrons. The van der Waals surface area contributed by atoms with Crippen LogP contribution in [0.3, 0.4) is 0 Å². The molecule has 0 N–H and O–H groups in total. The van der Waals surface area contributed by atoms with E-state index in [2.05, 4.69) is 65.8 Å². The third kappa shape index (κ3) is 3.33. The molecule has 0 spiro atoms. The first-order valence-electron chi connectivity index (χ1n) is 9.15. The monoisotopic (exact) mass is 318 g/mol. The van der Waals surface area contributed by atoms with Crippen LogP contribution in [0.15, 0.2) is 24.3 Å². The second-order valence-electron chi connectivity index (χ2n) is 7.87. The molecule has 1 nitrogen and oxygen atoms in total. The van der Waals surface area contributed by atoms with Crippen LogP contribution in [0, 0.1) is 0 Å². The molecule has 0 unspecified atom stereocenters. The van der Waals surface area contributed by atoms with E-state index in [1.165, 1.54) is 36.8 Å². The van der Waals surface area contributed by atoms with Gasteiger partial charge in [0.25, 0.3) is 0 Å². The topological polar surface area (TPSA) is 9.23 Å². The molecule has 2 rings (SSSR count). The predicted molar refractivity (Wildman–Crippen MR) is 98.9 cm³/mol. The maximum absolute atomic E-state index is 7.11. The molecule has 0 heterocycles. The first-order valence-corrected chi connectivity index (χ1v) is 11.3. The zero-order valence-electron chi connectivity index (χ0n) is 15.4. The van der Waals surface area contributed by atoms with Gasteiger partial charge in [0, 0.05) is 0 Å². The van der Waals surface area contributed by atoms with Gasteiger partial charge in [0.05, 0.1) is 6.10 Å². The average molecular weight is 319 g/mol. The van der Waals surface area contributed by atoms with Crippen LogP contribution in [0.2, 0.25) is 16.6 Å². The summed E-state index contributed by atoms with van der Waals surface area (Å²) >= 11 is 0. The van der Waals surface area contributed by atoms with Crippen molar-refractivity contribution in [2.24, 2.45) is 0 Å². The average Bonchev–Trinajstić information content (AvgIpc) is 2.65. The molecule has 0 amide bonds. The second kappa shape index (κ2) is 7.31. The standard InChI is InChI=1S/C20H34OSi/c1-15(2)22(16(3)4,17(5)6)21-20-14-10-8-12-18-11-7-9-13-19(18)20/h7,9,11,13,15-17,20H,8,10,12,14H2,1-6H3/t20-/m1/s1. The molecule has 0 aliphatic heterocycles. The quantitative estimate of drug-likeness (QED) is 0.436. The molecule has 124 valence electrons. The fraction of sp³-hybridized carbons (Fsp3) is 0.700. The lowest BCUT2D eigenvalue weighted by atomic mass is 10.0. The Morgan fingerprint density at radius 1 is 0.909 bits per heavy atom. The van der Waals surface area contributed by atoms with Gasteiger partial charge in [-0.15, -0.1) is 0 Å². The zero-order chi connectivity index (χ0) is 16.3. The van der Waals surface area contributed by atoms with Crippen LogP contribution in [-0.4, -0.2) is 8.32 Å². The summed E-state index contributed by atoms with van der Waals surface area (Å²) in [5.41, 5.74) is 4.96. The number of rotatable bonds is 5.